The average molecular weight is 364 g/mol. The van der Waals surface area contributed by atoms with Gasteiger partial charge in [-0.2, -0.15) is 0 Å². The number of benzene rings is 1. The van der Waals surface area contributed by atoms with Crippen molar-refractivity contribution in [3.05, 3.63) is 66.2 Å². The number of furan rings is 2. The molecule has 1 amide bonds. The minimum atomic E-state index is -0.228. The number of rotatable bonds is 6. The van der Waals surface area contributed by atoms with Crippen LogP contribution in [0.25, 0.3) is 22.5 Å². The number of para-hydroxylation sites is 1. The molecule has 138 valence electrons. The van der Waals surface area contributed by atoms with Gasteiger partial charge >= 0.3 is 0 Å². The van der Waals surface area contributed by atoms with Gasteiger partial charge in [0.15, 0.2) is 11.5 Å². The predicted molar refractivity (Wildman–Crippen MR) is 100 cm³/mol. The van der Waals surface area contributed by atoms with Crippen LogP contribution in [0.5, 0.6) is 0 Å². The summed E-state index contributed by atoms with van der Waals surface area (Å²) in [5.74, 6) is 1.50. The maximum atomic E-state index is 13.1. The number of nitrogens with zero attached hydrogens (tertiary/aromatic N) is 2. The molecule has 27 heavy (non-hydrogen) atoms. The Morgan fingerprint density at radius 3 is 2.74 bits per heavy atom. The number of hydrogen-bond acceptors (Lipinski definition) is 5. The first-order valence-electron chi connectivity index (χ1n) is 8.97. The van der Waals surface area contributed by atoms with Gasteiger partial charge in [-0.25, -0.2) is 0 Å². The lowest BCUT2D eigenvalue weighted by Gasteiger charge is -2.26. The zero-order valence-electron chi connectivity index (χ0n) is 15.2. The van der Waals surface area contributed by atoms with E-state index in [0.29, 0.717) is 18.1 Å². The highest BCUT2D eigenvalue weighted by Crippen LogP contribution is 2.29. The van der Waals surface area contributed by atoms with Gasteiger partial charge in [-0.1, -0.05) is 30.3 Å². The summed E-state index contributed by atoms with van der Waals surface area (Å²) in [5, 5.41) is 4.96. The van der Waals surface area contributed by atoms with Gasteiger partial charge in [0.25, 0.3) is 5.91 Å². The predicted octanol–water partition coefficient (Wildman–Crippen LogP) is 5.29. The summed E-state index contributed by atoms with van der Waals surface area (Å²) in [6.45, 7) is 4.57. The van der Waals surface area contributed by atoms with Crippen molar-refractivity contribution in [3.63, 3.8) is 0 Å². The summed E-state index contributed by atoms with van der Waals surface area (Å²) >= 11 is 0. The van der Waals surface area contributed by atoms with E-state index in [4.69, 9.17) is 13.4 Å². The molecule has 3 aromatic heterocycles. The Hall–Kier alpha value is -3.28. The average Bonchev–Trinajstić information content (AvgIpc) is 3.44. The van der Waals surface area contributed by atoms with Gasteiger partial charge in [0, 0.05) is 18.0 Å². The van der Waals surface area contributed by atoms with E-state index in [1.54, 1.807) is 29.4 Å². The van der Waals surface area contributed by atoms with E-state index in [9.17, 15) is 4.79 Å². The lowest BCUT2D eigenvalue weighted by Crippen LogP contribution is -2.34. The second-order valence-corrected chi connectivity index (χ2v) is 6.41. The molecular weight excluding hydrogens is 344 g/mol. The Balaban J connectivity index is 1.62. The molecule has 4 aromatic rings. The van der Waals surface area contributed by atoms with Crippen LogP contribution in [0.3, 0.4) is 0 Å². The van der Waals surface area contributed by atoms with Gasteiger partial charge < -0.3 is 18.3 Å². The van der Waals surface area contributed by atoms with E-state index in [1.165, 1.54) is 0 Å². The molecule has 0 radical (unpaired) electrons. The molecule has 0 saturated heterocycles. The van der Waals surface area contributed by atoms with Crippen LogP contribution in [-0.2, 0) is 0 Å². The molecule has 0 N–H and O–H groups in total. The molecule has 0 bridgehead atoms. The SMILES string of the molecule is CCCN(C(=O)c1cc(-c2ccco2)on1)C(C)c1cc2ccccc2o1. The number of carbonyl (C=O) groups excluding carboxylic acids is 1. The van der Waals surface area contributed by atoms with Gasteiger partial charge in [-0.05, 0) is 37.6 Å². The second kappa shape index (κ2) is 7.15. The highest BCUT2D eigenvalue weighted by atomic mass is 16.5. The molecule has 1 aromatic carbocycles. The first-order chi connectivity index (χ1) is 13.2. The Kier molecular flexibility index (Phi) is 4.54. The third kappa shape index (κ3) is 3.26. The molecule has 6 nitrogen and oxygen atoms in total. The van der Waals surface area contributed by atoms with Gasteiger partial charge in [0.05, 0.1) is 12.3 Å². The van der Waals surface area contributed by atoms with Crippen LogP contribution in [0.15, 0.2) is 68.2 Å². The first-order valence-corrected chi connectivity index (χ1v) is 8.97. The quantitative estimate of drug-likeness (QED) is 0.464. The Labute approximate surface area is 156 Å². The van der Waals surface area contributed by atoms with Crippen molar-refractivity contribution in [2.24, 2.45) is 0 Å². The third-order valence-corrected chi connectivity index (χ3v) is 4.54. The van der Waals surface area contributed by atoms with E-state index in [2.05, 4.69) is 5.16 Å². The molecule has 0 saturated carbocycles. The molecule has 0 aliphatic carbocycles. The number of amides is 1. The number of aromatic nitrogens is 1. The van der Waals surface area contributed by atoms with Gasteiger partial charge in [0.2, 0.25) is 5.76 Å². The normalized spacial score (nSPS) is 12.4. The summed E-state index contributed by atoms with van der Waals surface area (Å²) in [4.78, 5) is 14.8. The molecule has 3 heterocycles. The monoisotopic (exact) mass is 364 g/mol. The van der Waals surface area contributed by atoms with Crippen molar-refractivity contribution in [3.8, 4) is 11.5 Å². The zero-order chi connectivity index (χ0) is 18.8. The summed E-state index contributed by atoms with van der Waals surface area (Å²) in [7, 11) is 0. The van der Waals surface area contributed by atoms with E-state index in [-0.39, 0.29) is 17.6 Å². The van der Waals surface area contributed by atoms with Crippen LogP contribution in [0, 0.1) is 0 Å². The number of fused-ring (bicyclic) bond motifs is 1. The van der Waals surface area contributed by atoms with Crippen LogP contribution >= 0.6 is 0 Å². The van der Waals surface area contributed by atoms with E-state index in [0.717, 1.165) is 23.2 Å². The van der Waals surface area contributed by atoms with Crippen LogP contribution < -0.4 is 0 Å². The van der Waals surface area contributed by atoms with Crippen LogP contribution in [-0.4, -0.2) is 22.5 Å². The maximum absolute atomic E-state index is 13.1. The maximum Gasteiger partial charge on any atom is 0.276 e. The Morgan fingerprint density at radius 1 is 1.15 bits per heavy atom. The van der Waals surface area contributed by atoms with Crippen LogP contribution in [0.4, 0.5) is 0 Å². The highest BCUT2D eigenvalue weighted by molar-refractivity contribution is 5.93. The topological polar surface area (TPSA) is 72.6 Å². The molecule has 0 fully saturated rings. The van der Waals surface area contributed by atoms with Gasteiger partial charge in [-0.3, -0.25) is 4.79 Å². The number of hydrogen-bond donors (Lipinski definition) is 0. The molecule has 4 rings (SSSR count). The summed E-state index contributed by atoms with van der Waals surface area (Å²) in [5.41, 5.74) is 1.06. The van der Waals surface area contributed by atoms with Crippen molar-refractivity contribution >= 4 is 16.9 Å². The van der Waals surface area contributed by atoms with Crippen molar-refractivity contribution in [1.29, 1.82) is 0 Å². The zero-order valence-corrected chi connectivity index (χ0v) is 15.2. The molecule has 0 aliphatic heterocycles. The summed E-state index contributed by atoms with van der Waals surface area (Å²) in [6, 6.07) is 14.7. The van der Waals surface area contributed by atoms with Crippen molar-refractivity contribution < 1.29 is 18.2 Å². The van der Waals surface area contributed by atoms with Crippen LogP contribution in [0.1, 0.15) is 42.6 Å². The fourth-order valence-electron chi connectivity index (χ4n) is 3.13. The van der Waals surface area contributed by atoms with Crippen molar-refractivity contribution in [2.75, 3.05) is 6.54 Å². The van der Waals surface area contributed by atoms with Gasteiger partial charge in [-0.15, -0.1) is 0 Å². The third-order valence-electron chi connectivity index (χ3n) is 4.54. The molecular formula is C21H20N2O4. The minimum Gasteiger partial charge on any atom is -0.461 e. The molecule has 1 unspecified atom stereocenters. The fraction of sp³-hybridized carbons (Fsp3) is 0.238. The van der Waals surface area contributed by atoms with E-state index < -0.39 is 0 Å². The van der Waals surface area contributed by atoms with Crippen molar-refractivity contribution in [2.45, 2.75) is 26.3 Å². The molecule has 1 atom stereocenters. The Morgan fingerprint density at radius 2 is 2.00 bits per heavy atom. The van der Waals surface area contributed by atoms with Gasteiger partial charge in [0.1, 0.15) is 11.3 Å². The molecule has 6 heteroatoms. The minimum absolute atomic E-state index is 0.202. The largest absolute Gasteiger partial charge is 0.461 e. The number of carbonyl (C=O) groups is 1. The lowest BCUT2D eigenvalue weighted by atomic mass is 10.1. The van der Waals surface area contributed by atoms with Crippen LogP contribution in [0.2, 0.25) is 0 Å². The standard InChI is InChI=1S/C21H20N2O4/c1-3-10-23(14(2)19-12-15-7-4-5-8-17(15)26-19)21(24)16-13-20(27-22-16)18-9-6-11-25-18/h4-9,11-14H,3,10H2,1-2H3. The molecule has 0 aliphatic rings. The first kappa shape index (κ1) is 17.1. The highest BCUT2D eigenvalue weighted by Gasteiger charge is 2.27. The van der Waals surface area contributed by atoms with E-state index in [1.807, 2.05) is 44.2 Å². The fourth-order valence-corrected chi connectivity index (χ4v) is 3.13. The smallest absolute Gasteiger partial charge is 0.276 e. The van der Waals surface area contributed by atoms with Crippen molar-refractivity contribution in [1.82, 2.24) is 10.1 Å². The second-order valence-electron chi connectivity index (χ2n) is 6.41. The van der Waals surface area contributed by atoms with E-state index >= 15 is 0 Å². The molecule has 0 spiro atoms. The summed E-state index contributed by atoms with van der Waals surface area (Å²) < 4.78 is 16.5. The lowest BCUT2D eigenvalue weighted by molar-refractivity contribution is 0.0661. The Bertz CT molecular complexity index is 1010. The summed E-state index contributed by atoms with van der Waals surface area (Å²) in [6.07, 6.45) is 2.37.